The van der Waals surface area contributed by atoms with Gasteiger partial charge in [-0.1, -0.05) is 31.2 Å². The van der Waals surface area contributed by atoms with Crippen molar-refractivity contribution in [2.75, 3.05) is 6.54 Å². The average Bonchev–Trinajstić information content (AvgIpc) is 2.20. The summed E-state index contributed by atoms with van der Waals surface area (Å²) in [5.74, 6) is -0.186. The van der Waals surface area contributed by atoms with Gasteiger partial charge in [0.2, 0.25) is 0 Å². The summed E-state index contributed by atoms with van der Waals surface area (Å²) >= 11 is 0. The van der Waals surface area contributed by atoms with Crippen LogP contribution in [0.15, 0.2) is 36.4 Å². The smallest absolute Gasteiger partial charge is 0.123 e. The SMILES string of the molecule is C=C(C)C(Cc1ccc(F)cc1)NCC. The quantitative estimate of drug-likeness (QED) is 0.732. The Hall–Kier alpha value is -1.15. The summed E-state index contributed by atoms with van der Waals surface area (Å²) in [7, 11) is 0. The third kappa shape index (κ3) is 3.84. The van der Waals surface area contributed by atoms with Crippen LogP contribution >= 0.6 is 0 Å². The van der Waals surface area contributed by atoms with E-state index in [1.165, 1.54) is 12.1 Å². The molecule has 0 aliphatic rings. The minimum absolute atomic E-state index is 0.186. The number of nitrogens with one attached hydrogen (secondary N) is 1. The first kappa shape index (κ1) is 11.9. The molecular weight excluding hydrogens is 189 g/mol. The summed E-state index contributed by atoms with van der Waals surface area (Å²) in [6.45, 7) is 8.95. The van der Waals surface area contributed by atoms with Crippen molar-refractivity contribution in [3.8, 4) is 0 Å². The van der Waals surface area contributed by atoms with E-state index in [4.69, 9.17) is 0 Å². The Morgan fingerprint density at radius 3 is 2.47 bits per heavy atom. The third-order valence-corrected chi connectivity index (χ3v) is 2.40. The van der Waals surface area contributed by atoms with Crippen molar-refractivity contribution >= 4 is 0 Å². The lowest BCUT2D eigenvalue weighted by molar-refractivity contribution is 0.585. The van der Waals surface area contributed by atoms with Gasteiger partial charge in [0.25, 0.3) is 0 Å². The first-order valence-corrected chi connectivity index (χ1v) is 5.26. The van der Waals surface area contributed by atoms with Gasteiger partial charge < -0.3 is 5.32 Å². The summed E-state index contributed by atoms with van der Waals surface area (Å²) in [6, 6.07) is 6.92. The highest BCUT2D eigenvalue weighted by Gasteiger charge is 2.08. The summed E-state index contributed by atoms with van der Waals surface area (Å²) < 4.78 is 12.7. The molecule has 1 aromatic rings. The second-order valence-electron chi connectivity index (χ2n) is 3.79. The molecule has 0 fully saturated rings. The molecule has 1 nitrogen and oxygen atoms in total. The predicted molar refractivity (Wildman–Crippen MR) is 62.4 cm³/mol. The molecule has 1 atom stereocenters. The summed E-state index contributed by atoms with van der Waals surface area (Å²) in [6.07, 6.45) is 0.865. The number of benzene rings is 1. The molecule has 0 radical (unpaired) electrons. The van der Waals surface area contributed by atoms with Crippen molar-refractivity contribution in [1.29, 1.82) is 0 Å². The Bertz CT molecular complexity index is 316. The van der Waals surface area contributed by atoms with Gasteiger partial charge in [-0.15, -0.1) is 0 Å². The fourth-order valence-electron chi connectivity index (χ4n) is 1.52. The van der Waals surface area contributed by atoms with Gasteiger partial charge in [-0.3, -0.25) is 0 Å². The van der Waals surface area contributed by atoms with Gasteiger partial charge in [-0.05, 0) is 37.6 Å². The third-order valence-electron chi connectivity index (χ3n) is 2.40. The number of hydrogen-bond donors (Lipinski definition) is 1. The number of rotatable bonds is 5. The molecule has 0 heterocycles. The Kier molecular flexibility index (Phi) is 4.50. The highest BCUT2D eigenvalue weighted by atomic mass is 19.1. The van der Waals surface area contributed by atoms with E-state index in [9.17, 15) is 4.39 Å². The molecule has 0 aromatic heterocycles. The Balaban J connectivity index is 2.65. The molecule has 2 heteroatoms. The van der Waals surface area contributed by atoms with Crippen molar-refractivity contribution in [3.05, 3.63) is 47.8 Å². The molecule has 1 N–H and O–H groups in total. The predicted octanol–water partition coefficient (Wildman–Crippen LogP) is 2.92. The zero-order valence-electron chi connectivity index (χ0n) is 9.39. The van der Waals surface area contributed by atoms with E-state index >= 15 is 0 Å². The monoisotopic (exact) mass is 207 g/mol. The van der Waals surface area contributed by atoms with Crippen molar-refractivity contribution < 1.29 is 4.39 Å². The van der Waals surface area contributed by atoms with Crippen LogP contribution in [0.3, 0.4) is 0 Å². The van der Waals surface area contributed by atoms with Crippen LogP contribution in [0.1, 0.15) is 19.4 Å². The number of halogens is 1. The fraction of sp³-hybridized carbons (Fsp3) is 0.385. The molecule has 1 rings (SSSR count). The van der Waals surface area contributed by atoms with Crippen molar-refractivity contribution in [3.63, 3.8) is 0 Å². The maximum atomic E-state index is 12.7. The Morgan fingerprint density at radius 2 is 2.00 bits per heavy atom. The van der Waals surface area contributed by atoms with Crippen LogP contribution in [0, 0.1) is 5.82 Å². The fourth-order valence-corrected chi connectivity index (χ4v) is 1.52. The molecule has 1 unspecified atom stereocenters. The van der Waals surface area contributed by atoms with E-state index in [1.54, 1.807) is 0 Å². The molecular formula is C13H18FN. The van der Waals surface area contributed by atoms with Crippen LogP contribution in [0.2, 0.25) is 0 Å². The van der Waals surface area contributed by atoms with E-state index in [0.29, 0.717) is 0 Å². The van der Waals surface area contributed by atoms with E-state index in [1.807, 2.05) is 19.1 Å². The number of hydrogen-bond acceptors (Lipinski definition) is 1. The molecule has 15 heavy (non-hydrogen) atoms. The molecule has 0 spiro atoms. The van der Waals surface area contributed by atoms with Crippen molar-refractivity contribution in [1.82, 2.24) is 5.32 Å². The van der Waals surface area contributed by atoms with Gasteiger partial charge in [0.05, 0.1) is 0 Å². The van der Waals surface area contributed by atoms with E-state index < -0.39 is 0 Å². The van der Waals surface area contributed by atoms with Gasteiger partial charge in [-0.25, -0.2) is 4.39 Å². The van der Waals surface area contributed by atoms with Gasteiger partial charge in [0.1, 0.15) is 5.82 Å². The minimum Gasteiger partial charge on any atom is -0.310 e. The van der Waals surface area contributed by atoms with Gasteiger partial charge in [0.15, 0.2) is 0 Å². The van der Waals surface area contributed by atoms with E-state index in [0.717, 1.165) is 24.1 Å². The van der Waals surface area contributed by atoms with E-state index in [-0.39, 0.29) is 11.9 Å². The zero-order chi connectivity index (χ0) is 11.3. The maximum Gasteiger partial charge on any atom is 0.123 e. The molecule has 1 aromatic carbocycles. The van der Waals surface area contributed by atoms with Crippen molar-refractivity contribution in [2.45, 2.75) is 26.3 Å². The summed E-state index contributed by atoms with van der Waals surface area (Å²) in [4.78, 5) is 0. The topological polar surface area (TPSA) is 12.0 Å². The normalized spacial score (nSPS) is 12.5. The second-order valence-corrected chi connectivity index (χ2v) is 3.79. The largest absolute Gasteiger partial charge is 0.310 e. The lowest BCUT2D eigenvalue weighted by atomic mass is 10.0. The molecule has 0 bridgehead atoms. The molecule has 0 aliphatic carbocycles. The zero-order valence-corrected chi connectivity index (χ0v) is 9.39. The highest BCUT2D eigenvalue weighted by molar-refractivity contribution is 5.20. The first-order valence-electron chi connectivity index (χ1n) is 5.26. The standard InChI is InChI=1S/C13H18FN/c1-4-15-13(10(2)3)9-11-5-7-12(14)8-6-11/h5-8,13,15H,2,4,9H2,1,3H3. The average molecular weight is 207 g/mol. The van der Waals surface area contributed by atoms with Crippen molar-refractivity contribution in [2.24, 2.45) is 0 Å². The molecule has 0 aliphatic heterocycles. The lowest BCUT2D eigenvalue weighted by Gasteiger charge is -2.17. The van der Waals surface area contributed by atoms with Gasteiger partial charge >= 0.3 is 0 Å². The summed E-state index contributed by atoms with van der Waals surface area (Å²) in [5.41, 5.74) is 2.24. The van der Waals surface area contributed by atoms with Crippen LogP contribution < -0.4 is 5.32 Å². The lowest BCUT2D eigenvalue weighted by Crippen LogP contribution is -2.31. The highest BCUT2D eigenvalue weighted by Crippen LogP contribution is 2.09. The van der Waals surface area contributed by atoms with Gasteiger partial charge in [-0.2, -0.15) is 0 Å². The molecule has 0 saturated carbocycles. The minimum atomic E-state index is -0.186. The van der Waals surface area contributed by atoms with Crippen LogP contribution in [0.4, 0.5) is 4.39 Å². The molecule has 0 saturated heterocycles. The van der Waals surface area contributed by atoms with Gasteiger partial charge in [0, 0.05) is 6.04 Å². The van der Waals surface area contributed by atoms with E-state index in [2.05, 4.69) is 18.8 Å². The molecule has 0 amide bonds. The van der Waals surface area contributed by atoms with Crippen LogP contribution in [-0.4, -0.2) is 12.6 Å². The van der Waals surface area contributed by atoms with Crippen LogP contribution in [-0.2, 0) is 6.42 Å². The van der Waals surface area contributed by atoms with Crippen LogP contribution in [0.5, 0.6) is 0 Å². The van der Waals surface area contributed by atoms with Crippen LogP contribution in [0.25, 0.3) is 0 Å². The summed E-state index contributed by atoms with van der Waals surface area (Å²) in [5, 5.41) is 3.35. The Labute approximate surface area is 91.0 Å². The first-order chi connectivity index (χ1) is 7.13. The number of likely N-dealkylation sites (N-methyl/N-ethyl adjacent to an activating group) is 1. The Morgan fingerprint density at radius 1 is 1.40 bits per heavy atom. The second kappa shape index (κ2) is 5.66. The molecule has 82 valence electrons. The maximum absolute atomic E-state index is 12.7.